The molecule has 1 saturated heterocycles. The van der Waals surface area contributed by atoms with Crippen molar-refractivity contribution < 1.29 is 27.8 Å². The molecule has 2 aromatic rings. The summed E-state index contributed by atoms with van der Waals surface area (Å²) in [7, 11) is 1.50. The molecule has 24 heavy (non-hydrogen) atoms. The number of amides is 1. The van der Waals surface area contributed by atoms with Crippen LogP contribution in [0.25, 0.3) is 0 Å². The fourth-order valence-electron chi connectivity index (χ4n) is 2.96. The van der Waals surface area contributed by atoms with E-state index >= 15 is 0 Å². The largest absolute Gasteiger partial charge is 0.453 e. The van der Waals surface area contributed by atoms with Gasteiger partial charge in [0.05, 0.1) is 12.1 Å². The van der Waals surface area contributed by atoms with Crippen molar-refractivity contribution in [3.8, 4) is 0 Å². The molecular weight excluding hydrogens is 320 g/mol. The van der Waals surface area contributed by atoms with Crippen LogP contribution < -0.4 is 0 Å². The molecule has 1 aliphatic rings. The van der Waals surface area contributed by atoms with E-state index in [1.807, 2.05) is 0 Å². The van der Waals surface area contributed by atoms with Gasteiger partial charge < -0.3 is 19.2 Å². The molecule has 0 spiro atoms. The number of methoxy groups -OCH3 is 1. The van der Waals surface area contributed by atoms with Gasteiger partial charge >= 0.3 is 0 Å². The lowest BCUT2D eigenvalue weighted by Gasteiger charge is -2.24. The van der Waals surface area contributed by atoms with E-state index in [4.69, 9.17) is 9.15 Å². The molecule has 1 aromatic carbocycles. The lowest BCUT2D eigenvalue weighted by Crippen LogP contribution is -2.32. The number of rotatable bonds is 4. The fourth-order valence-corrected chi connectivity index (χ4v) is 2.96. The van der Waals surface area contributed by atoms with E-state index in [0.29, 0.717) is 5.76 Å². The van der Waals surface area contributed by atoms with Crippen molar-refractivity contribution in [1.82, 2.24) is 4.90 Å². The Hall–Kier alpha value is -2.25. The van der Waals surface area contributed by atoms with E-state index in [1.165, 1.54) is 18.1 Å². The zero-order valence-corrected chi connectivity index (χ0v) is 13.0. The van der Waals surface area contributed by atoms with Crippen LogP contribution in [-0.2, 0) is 11.3 Å². The third kappa shape index (κ3) is 3.18. The molecule has 2 atom stereocenters. The van der Waals surface area contributed by atoms with Gasteiger partial charge in [-0.15, -0.1) is 0 Å². The molecule has 1 fully saturated rings. The standard InChI is InChI=1S/C17H17F2NO4/c1-23-9-12-3-5-16(24-12)17(22)20-8-11(21)7-15(20)13-6-10(18)2-4-14(13)19/h2-6,11,15,21H,7-9H2,1H3/t11-,15-/m1/s1. The van der Waals surface area contributed by atoms with Gasteiger partial charge in [0, 0.05) is 19.2 Å². The number of furan rings is 1. The van der Waals surface area contributed by atoms with Crippen molar-refractivity contribution >= 4 is 5.91 Å². The molecule has 0 unspecified atom stereocenters. The topological polar surface area (TPSA) is 62.9 Å². The van der Waals surface area contributed by atoms with Crippen LogP contribution in [-0.4, -0.2) is 35.7 Å². The van der Waals surface area contributed by atoms with Crippen LogP contribution in [0, 0.1) is 11.6 Å². The molecule has 1 amide bonds. The number of aliphatic hydroxyl groups is 1. The van der Waals surface area contributed by atoms with Crippen LogP contribution in [0.2, 0.25) is 0 Å². The van der Waals surface area contributed by atoms with Gasteiger partial charge in [0.1, 0.15) is 24.0 Å². The molecule has 7 heteroatoms. The highest BCUT2D eigenvalue weighted by molar-refractivity contribution is 5.92. The lowest BCUT2D eigenvalue weighted by atomic mass is 10.0. The Balaban J connectivity index is 1.89. The maximum atomic E-state index is 14.1. The minimum absolute atomic E-state index is 0.0275. The van der Waals surface area contributed by atoms with Crippen LogP contribution >= 0.6 is 0 Å². The Kier molecular flexibility index (Phi) is 4.64. The molecular formula is C17H17F2NO4. The zero-order valence-electron chi connectivity index (χ0n) is 13.0. The number of hydrogen-bond donors (Lipinski definition) is 1. The van der Waals surface area contributed by atoms with Crippen molar-refractivity contribution in [1.29, 1.82) is 0 Å². The van der Waals surface area contributed by atoms with Gasteiger partial charge in [-0.3, -0.25) is 4.79 Å². The second-order valence-electron chi connectivity index (χ2n) is 5.73. The molecule has 0 aliphatic carbocycles. The smallest absolute Gasteiger partial charge is 0.290 e. The van der Waals surface area contributed by atoms with Crippen LogP contribution in [0.5, 0.6) is 0 Å². The average Bonchev–Trinajstić information content (AvgIpc) is 3.16. The minimum Gasteiger partial charge on any atom is -0.453 e. The van der Waals surface area contributed by atoms with E-state index in [2.05, 4.69) is 0 Å². The van der Waals surface area contributed by atoms with Crippen molar-refractivity contribution in [3.05, 3.63) is 59.1 Å². The number of carbonyl (C=O) groups is 1. The summed E-state index contributed by atoms with van der Waals surface area (Å²) in [5.74, 6) is -1.15. The SMILES string of the molecule is COCc1ccc(C(=O)N2C[C@H](O)C[C@@H]2c2cc(F)ccc2F)o1. The first-order valence-electron chi connectivity index (χ1n) is 7.51. The van der Waals surface area contributed by atoms with Gasteiger partial charge in [-0.2, -0.15) is 0 Å². The number of nitrogens with zero attached hydrogens (tertiary/aromatic N) is 1. The van der Waals surface area contributed by atoms with E-state index in [1.54, 1.807) is 6.07 Å². The van der Waals surface area contributed by atoms with Crippen molar-refractivity contribution in [2.75, 3.05) is 13.7 Å². The highest BCUT2D eigenvalue weighted by atomic mass is 19.1. The van der Waals surface area contributed by atoms with Gasteiger partial charge in [0.15, 0.2) is 5.76 Å². The van der Waals surface area contributed by atoms with Gasteiger partial charge in [0.2, 0.25) is 0 Å². The summed E-state index contributed by atoms with van der Waals surface area (Å²) in [6, 6.07) is 5.44. The summed E-state index contributed by atoms with van der Waals surface area (Å²) < 4.78 is 37.9. The first kappa shape index (κ1) is 16.6. The fraction of sp³-hybridized carbons (Fsp3) is 0.353. The number of ether oxygens (including phenoxy) is 1. The Morgan fingerprint density at radius 1 is 1.38 bits per heavy atom. The molecule has 2 heterocycles. The second-order valence-corrected chi connectivity index (χ2v) is 5.73. The summed E-state index contributed by atoms with van der Waals surface area (Å²) in [5, 5.41) is 9.92. The molecule has 3 rings (SSSR count). The third-order valence-electron chi connectivity index (χ3n) is 4.02. The van der Waals surface area contributed by atoms with E-state index in [-0.39, 0.29) is 30.9 Å². The maximum Gasteiger partial charge on any atom is 0.290 e. The number of carbonyl (C=O) groups excluding carboxylic acids is 1. The van der Waals surface area contributed by atoms with Gasteiger partial charge in [-0.1, -0.05) is 0 Å². The monoisotopic (exact) mass is 337 g/mol. The lowest BCUT2D eigenvalue weighted by molar-refractivity contribution is 0.0674. The molecule has 1 aliphatic heterocycles. The molecule has 0 saturated carbocycles. The van der Waals surface area contributed by atoms with Crippen molar-refractivity contribution in [2.45, 2.75) is 25.2 Å². The second kappa shape index (κ2) is 6.70. The number of halogens is 2. The highest BCUT2D eigenvalue weighted by Gasteiger charge is 2.38. The van der Waals surface area contributed by atoms with Crippen molar-refractivity contribution in [2.24, 2.45) is 0 Å². The van der Waals surface area contributed by atoms with E-state index in [9.17, 15) is 18.7 Å². The highest BCUT2D eigenvalue weighted by Crippen LogP contribution is 2.35. The van der Waals surface area contributed by atoms with Crippen LogP contribution in [0.3, 0.4) is 0 Å². The molecule has 128 valence electrons. The third-order valence-corrected chi connectivity index (χ3v) is 4.02. The molecule has 5 nitrogen and oxygen atoms in total. The van der Waals surface area contributed by atoms with E-state index in [0.717, 1.165) is 18.2 Å². The number of benzene rings is 1. The first-order valence-corrected chi connectivity index (χ1v) is 7.51. The van der Waals surface area contributed by atoms with Crippen LogP contribution in [0.15, 0.2) is 34.7 Å². The Morgan fingerprint density at radius 2 is 2.17 bits per heavy atom. The van der Waals surface area contributed by atoms with E-state index < -0.39 is 29.7 Å². The summed E-state index contributed by atoms with van der Waals surface area (Å²) >= 11 is 0. The Labute approximate surface area is 137 Å². The van der Waals surface area contributed by atoms with Crippen LogP contribution in [0.4, 0.5) is 8.78 Å². The Morgan fingerprint density at radius 3 is 2.92 bits per heavy atom. The maximum absolute atomic E-state index is 14.1. The molecule has 1 aromatic heterocycles. The number of aliphatic hydroxyl groups excluding tert-OH is 1. The average molecular weight is 337 g/mol. The quantitative estimate of drug-likeness (QED) is 0.932. The van der Waals surface area contributed by atoms with Crippen molar-refractivity contribution in [3.63, 3.8) is 0 Å². The first-order chi connectivity index (χ1) is 11.5. The molecule has 0 radical (unpaired) electrons. The normalized spacial score (nSPS) is 20.6. The minimum atomic E-state index is -0.810. The summed E-state index contributed by atoms with van der Waals surface area (Å²) in [4.78, 5) is 14.0. The summed E-state index contributed by atoms with van der Waals surface area (Å²) in [5.41, 5.74) is 0.0450. The van der Waals surface area contributed by atoms with Crippen LogP contribution in [0.1, 0.15) is 34.3 Å². The van der Waals surface area contributed by atoms with Gasteiger partial charge in [-0.25, -0.2) is 8.78 Å². The predicted molar refractivity (Wildman–Crippen MR) is 80.2 cm³/mol. The number of hydrogen-bond acceptors (Lipinski definition) is 4. The predicted octanol–water partition coefficient (Wildman–Crippen LogP) is 2.65. The molecule has 1 N–H and O–H groups in total. The van der Waals surface area contributed by atoms with Gasteiger partial charge in [-0.05, 0) is 36.8 Å². The van der Waals surface area contributed by atoms with Gasteiger partial charge in [0.25, 0.3) is 5.91 Å². The summed E-state index contributed by atoms with van der Waals surface area (Å²) in [6.45, 7) is 0.248. The Bertz CT molecular complexity index is 746. The number of likely N-dealkylation sites (tertiary alicyclic amines) is 1. The molecule has 0 bridgehead atoms. The number of β-amino-alcohol motifs (C(OH)–C–C–N with tert-alkyl or cyclic N) is 1. The summed E-state index contributed by atoms with van der Waals surface area (Å²) in [6.07, 6.45) is -0.674. The zero-order chi connectivity index (χ0) is 17.3.